The van der Waals surface area contributed by atoms with Crippen molar-refractivity contribution >= 4 is 11.7 Å². The van der Waals surface area contributed by atoms with Crippen molar-refractivity contribution in [1.82, 2.24) is 0 Å². The zero-order valence-corrected chi connectivity index (χ0v) is 8.82. The Hall–Kier alpha value is -1.06. The molecule has 1 saturated carbocycles. The maximum Gasteiger partial charge on any atom is 0.303 e. The standard InChI is InChI=1S/C10H17NO3/c1-6(11-14)8-4-7(5-9(12)13)10(8,2)3/h7-8,14H,4-5H2,1-3H3,(H,12,13)/b11-6+/t7-,8-/m1/s1. The largest absolute Gasteiger partial charge is 0.481 e. The molecule has 80 valence electrons. The molecule has 0 aromatic rings. The van der Waals surface area contributed by atoms with E-state index in [1.54, 1.807) is 6.92 Å². The van der Waals surface area contributed by atoms with E-state index in [2.05, 4.69) is 5.16 Å². The van der Waals surface area contributed by atoms with Crippen molar-refractivity contribution in [2.45, 2.75) is 33.6 Å². The van der Waals surface area contributed by atoms with Gasteiger partial charge in [0.25, 0.3) is 0 Å². The number of aliphatic carboxylic acids is 1. The molecule has 0 spiro atoms. The first-order valence-electron chi connectivity index (χ1n) is 4.80. The Labute approximate surface area is 83.6 Å². The van der Waals surface area contributed by atoms with Crippen LogP contribution in [0.4, 0.5) is 0 Å². The molecule has 1 rings (SSSR count). The van der Waals surface area contributed by atoms with Gasteiger partial charge in [0.2, 0.25) is 0 Å². The van der Waals surface area contributed by atoms with Crippen molar-refractivity contribution < 1.29 is 15.1 Å². The molecule has 4 nitrogen and oxygen atoms in total. The monoisotopic (exact) mass is 199 g/mol. The first kappa shape index (κ1) is 11.0. The predicted octanol–water partition coefficient (Wildman–Crippen LogP) is 1.97. The lowest BCUT2D eigenvalue weighted by Gasteiger charge is -2.51. The number of carbonyl (C=O) groups is 1. The van der Waals surface area contributed by atoms with E-state index in [1.165, 1.54) is 0 Å². The van der Waals surface area contributed by atoms with E-state index in [0.717, 1.165) is 6.42 Å². The number of carboxylic acids is 1. The van der Waals surface area contributed by atoms with Gasteiger partial charge >= 0.3 is 5.97 Å². The van der Waals surface area contributed by atoms with Crippen molar-refractivity contribution in [2.75, 3.05) is 0 Å². The van der Waals surface area contributed by atoms with Crippen LogP contribution in [0.3, 0.4) is 0 Å². The van der Waals surface area contributed by atoms with Gasteiger partial charge in [-0.05, 0) is 24.7 Å². The van der Waals surface area contributed by atoms with Crippen LogP contribution in [0, 0.1) is 17.3 Å². The summed E-state index contributed by atoms with van der Waals surface area (Å²) in [6.07, 6.45) is 1.03. The van der Waals surface area contributed by atoms with E-state index in [-0.39, 0.29) is 23.7 Å². The van der Waals surface area contributed by atoms with Crippen LogP contribution in [0.25, 0.3) is 0 Å². The smallest absolute Gasteiger partial charge is 0.303 e. The molecule has 1 fully saturated rings. The van der Waals surface area contributed by atoms with Crippen LogP contribution in [0.2, 0.25) is 0 Å². The highest BCUT2D eigenvalue weighted by Gasteiger charge is 2.49. The van der Waals surface area contributed by atoms with Gasteiger partial charge in [0.15, 0.2) is 0 Å². The molecule has 1 aliphatic rings. The third-order valence-corrected chi connectivity index (χ3v) is 3.55. The van der Waals surface area contributed by atoms with E-state index in [0.29, 0.717) is 5.71 Å². The number of rotatable bonds is 3. The number of carboxylic acid groups (broad SMARTS) is 1. The fraction of sp³-hybridized carbons (Fsp3) is 0.800. The molecule has 2 atom stereocenters. The van der Waals surface area contributed by atoms with Crippen LogP contribution < -0.4 is 0 Å². The normalized spacial score (nSPS) is 30.9. The van der Waals surface area contributed by atoms with Gasteiger partial charge in [0.1, 0.15) is 0 Å². The number of hydrogen-bond donors (Lipinski definition) is 2. The first-order valence-corrected chi connectivity index (χ1v) is 4.80. The minimum atomic E-state index is -0.750. The lowest BCUT2D eigenvalue weighted by Crippen LogP contribution is -2.48. The highest BCUT2D eigenvalue weighted by atomic mass is 16.4. The van der Waals surface area contributed by atoms with Crippen LogP contribution in [0.1, 0.15) is 33.6 Å². The van der Waals surface area contributed by atoms with Gasteiger partial charge in [-0.25, -0.2) is 0 Å². The van der Waals surface area contributed by atoms with Gasteiger partial charge in [-0.2, -0.15) is 0 Å². The van der Waals surface area contributed by atoms with Gasteiger partial charge in [0, 0.05) is 12.3 Å². The molecule has 0 radical (unpaired) electrons. The minimum Gasteiger partial charge on any atom is -0.481 e. The Balaban J connectivity index is 2.63. The second kappa shape index (κ2) is 3.59. The third kappa shape index (κ3) is 1.74. The maximum absolute atomic E-state index is 10.6. The molecule has 1 aliphatic carbocycles. The molecule has 14 heavy (non-hydrogen) atoms. The lowest BCUT2D eigenvalue weighted by atomic mass is 9.52. The van der Waals surface area contributed by atoms with Crippen LogP contribution in [-0.2, 0) is 4.79 Å². The fourth-order valence-corrected chi connectivity index (χ4v) is 2.35. The summed E-state index contributed by atoms with van der Waals surface area (Å²) in [7, 11) is 0. The molecule has 0 amide bonds. The number of hydrogen-bond acceptors (Lipinski definition) is 3. The topological polar surface area (TPSA) is 69.9 Å². The van der Waals surface area contributed by atoms with E-state index in [1.807, 2.05) is 13.8 Å². The van der Waals surface area contributed by atoms with Gasteiger partial charge in [0.05, 0.1) is 5.71 Å². The Kier molecular flexibility index (Phi) is 2.83. The highest BCUT2D eigenvalue weighted by Crippen LogP contribution is 2.53. The van der Waals surface area contributed by atoms with Crippen LogP contribution in [-0.4, -0.2) is 22.0 Å². The molecule has 0 aromatic heterocycles. The van der Waals surface area contributed by atoms with Crippen LogP contribution >= 0.6 is 0 Å². The molecular formula is C10H17NO3. The molecule has 0 aliphatic heterocycles. The van der Waals surface area contributed by atoms with E-state index in [4.69, 9.17) is 10.3 Å². The summed E-state index contributed by atoms with van der Waals surface area (Å²) in [5, 5.41) is 20.5. The minimum absolute atomic E-state index is 0.0608. The third-order valence-electron chi connectivity index (χ3n) is 3.55. The van der Waals surface area contributed by atoms with Gasteiger partial charge in [-0.15, -0.1) is 0 Å². The summed E-state index contributed by atoms with van der Waals surface area (Å²) < 4.78 is 0. The van der Waals surface area contributed by atoms with Gasteiger partial charge in [-0.1, -0.05) is 19.0 Å². The highest BCUT2D eigenvalue weighted by molar-refractivity contribution is 5.85. The molecule has 2 N–H and O–H groups in total. The number of nitrogens with zero attached hydrogens (tertiary/aromatic N) is 1. The predicted molar refractivity (Wildman–Crippen MR) is 52.5 cm³/mol. The van der Waals surface area contributed by atoms with Crippen molar-refractivity contribution in [3.63, 3.8) is 0 Å². The molecular weight excluding hydrogens is 182 g/mol. The quantitative estimate of drug-likeness (QED) is 0.415. The maximum atomic E-state index is 10.6. The van der Waals surface area contributed by atoms with E-state index in [9.17, 15) is 4.79 Å². The molecule has 0 unspecified atom stereocenters. The summed E-state index contributed by atoms with van der Waals surface area (Å²) in [5.41, 5.74) is 0.644. The Morgan fingerprint density at radius 2 is 2.14 bits per heavy atom. The lowest BCUT2D eigenvalue weighted by molar-refractivity contribution is -0.142. The van der Waals surface area contributed by atoms with Crippen molar-refractivity contribution in [1.29, 1.82) is 0 Å². The molecule has 4 heteroatoms. The molecule has 0 saturated heterocycles. The Morgan fingerprint density at radius 1 is 1.57 bits per heavy atom. The fourth-order valence-electron chi connectivity index (χ4n) is 2.35. The van der Waals surface area contributed by atoms with Gasteiger partial charge in [-0.3, -0.25) is 4.79 Å². The molecule has 0 aromatic carbocycles. The summed E-state index contributed by atoms with van der Waals surface area (Å²) in [4.78, 5) is 10.6. The first-order chi connectivity index (χ1) is 6.39. The van der Waals surface area contributed by atoms with Gasteiger partial charge < -0.3 is 10.3 Å². The molecule has 0 bridgehead atoms. The van der Waals surface area contributed by atoms with E-state index >= 15 is 0 Å². The Morgan fingerprint density at radius 3 is 2.50 bits per heavy atom. The molecule has 0 heterocycles. The Bertz CT molecular complexity index is 271. The second-order valence-electron chi connectivity index (χ2n) is 4.65. The average Bonchev–Trinajstić information content (AvgIpc) is 2.10. The summed E-state index contributed by atoms with van der Waals surface area (Å²) in [6, 6.07) is 0. The van der Waals surface area contributed by atoms with Crippen molar-refractivity contribution in [3.8, 4) is 0 Å². The van der Waals surface area contributed by atoms with Crippen LogP contribution in [0.5, 0.6) is 0 Å². The summed E-state index contributed by atoms with van der Waals surface area (Å²) in [6.45, 7) is 5.84. The summed E-state index contributed by atoms with van der Waals surface area (Å²) in [5.74, 6) is -0.335. The van der Waals surface area contributed by atoms with Crippen LogP contribution in [0.15, 0.2) is 5.16 Å². The number of oxime groups is 1. The average molecular weight is 199 g/mol. The zero-order chi connectivity index (χ0) is 10.9. The second-order valence-corrected chi connectivity index (χ2v) is 4.65. The van der Waals surface area contributed by atoms with Crippen molar-refractivity contribution in [2.24, 2.45) is 22.4 Å². The SMILES string of the molecule is C/C(=N\O)[C@H]1C[C@H](CC(=O)O)C1(C)C. The van der Waals surface area contributed by atoms with E-state index < -0.39 is 5.97 Å². The van der Waals surface area contributed by atoms with Crippen molar-refractivity contribution in [3.05, 3.63) is 0 Å². The zero-order valence-electron chi connectivity index (χ0n) is 8.82. The summed E-state index contributed by atoms with van der Waals surface area (Å²) >= 11 is 0.